The highest BCUT2D eigenvalue weighted by atomic mass is 16.7. The number of nitrogens with one attached hydrogen (secondary N) is 1. The van der Waals surface area contributed by atoms with Crippen LogP contribution in [0.15, 0.2) is 72.8 Å². The summed E-state index contributed by atoms with van der Waals surface area (Å²) in [5.74, 6) is -2.73. The minimum atomic E-state index is -1.11. The maximum absolute atomic E-state index is 13.4. The van der Waals surface area contributed by atoms with E-state index >= 15 is 0 Å². The lowest BCUT2D eigenvalue weighted by Gasteiger charge is -2.28. The molecule has 5 rings (SSSR count). The van der Waals surface area contributed by atoms with Crippen LogP contribution in [0.5, 0.6) is 0 Å². The van der Waals surface area contributed by atoms with E-state index in [1.165, 1.54) is 12.2 Å². The molecule has 2 aliphatic heterocycles. The van der Waals surface area contributed by atoms with Crippen LogP contribution in [0.25, 0.3) is 0 Å². The summed E-state index contributed by atoms with van der Waals surface area (Å²) < 4.78 is 4.65. The molecular weight excluding hydrogens is 476 g/mol. The number of nitrogens with zero attached hydrogens (tertiary/aromatic N) is 3. The van der Waals surface area contributed by atoms with E-state index in [2.05, 4.69) is 15.0 Å². The highest BCUT2D eigenvalue weighted by Gasteiger charge is 2.60. The highest BCUT2D eigenvalue weighted by molar-refractivity contribution is 6.09. The standard InChI is InChI=1S/C27H24N4O6/c1-16-8-6-13-20(28-16)29-25(33)18-10-7-9-17(14-18)23-22-24(37-31(23)19-11-4-3-5-12-19)27(35)30(26(22)34)15-21(32)36-2/h3-14,22-24H,15H2,1-2H3,(H,28,29,33)/t22-,23-,24+/m1/s1. The number of likely N-dealkylation sites (tertiary alicyclic amines) is 1. The van der Waals surface area contributed by atoms with E-state index in [4.69, 9.17) is 4.84 Å². The molecule has 10 nitrogen and oxygen atoms in total. The number of anilines is 2. The van der Waals surface area contributed by atoms with Gasteiger partial charge in [0.25, 0.3) is 11.8 Å². The molecule has 2 fully saturated rings. The molecule has 2 aliphatic rings. The van der Waals surface area contributed by atoms with Crippen LogP contribution in [-0.4, -0.2) is 53.3 Å². The lowest BCUT2D eigenvalue weighted by Crippen LogP contribution is -2.40. The number of rotatable bonds is 6. The number of esters is 1. The Labute approximate surface area is 212 Å². The van der Waals surface area contributed by atoms with Crippen LogP contribution in [-0.2, 0) is 24.0 Å². The number of hydroxylamine groups is 1. The van der Waals surface area contributed by atoms with E-state index in [-0.39, 0.29) is 5.91 Å². The zero-order valence-electron chi connectivity index (χ0n) is 20.2. The van der Waals surface area contributed by atoms with Gasteiger partial charge in [-0.1, -0.05) is 36.4 Å². The third kappa shape index (κ3) is 4.54. The van der Waals surface area contributed by atoms with Gasteiger partial charge in [-0.15, -0.1) is 0 Å². The molecule has 3 aromatic rings. The van der Waals surface area contributed by atoms with Gasteiger partial charge in [0.1, 0.15) is 18.3 Å². The van der Waals surface area contributed by atoms with E-state index in [1.54, 1.807) is 48.5 Å². The fraction of sp³-hybridized carbons (Fsp3) is 0.222. The Bertz CT molecular complexity index is 1380. The number of imide groups is 1. The number of aromatic nitrogens is 1. The lowest BCUT2D eigenvalue weighted by molar-refractivity contribution is -0.152. The van der Waals surface area contributed by atoms with Gasteiger partial charge in [0.05, 0.1) is 18.8 Å². The van der Waals surface area contributed by atoms with Crippen molar-refractivity contribution in [2.75, 3.05) is 24.0 Å². The van der Waals surface area contributed by atoms with E-state index in [1.807, 2.05) is 31.2 Å². The summed E-state index contributed by atoms with van der Waals surface area (Å²) in [6, 6.07) is 20.5. The average molecular weight is 501 g/mol. The van der Waals surface area contributed by atoms with Gasteiger partial charge in [0.2, 0.25) is 5.91 Å². The minimum absolute atomic E-state index is 0.348. The average Bonchev–Trinajstić information content (AvgIpc) is 3.41. The lowest BCUT2D eigenvalue weighted by atomic mass is 9.89. The van der Waals surface area contributed by atoms with Crippen molar-refractivity contribution in [1.82, 2.24) is 9.88 Å². The molecule has 0 radical (unpaired) electrons. The van der Waals surface area contributed by atoms with Gasteiger partial charge in [-0.2, -0.15) is 0 Å². The summed E-state index contributed by atoms with van der Waals surface area (Å²) in [6.07, 6.45) is -1.11. The number of hydrogen-bond donors (Lipinski definition) is 1. The number of carbonyl (C=O) groups excluding carboxylic acids is 4. The fourth-order valence-electron chi connectivity index (χ4n) is 4.62. The summed E-state index contributed by atoms with van der Waals surface area (Å²) in [6.45, 7) is 1.34. The van der Waals surface area contributed by atoms with Crippen molar-refractivity contribution in [3.8, 4) is 0 Å². The number of aryl methyl sites for hydroxylation is 1. The van der Waals surface area contributed by atoms with E-state index in [0.717, 1.165) is 10.6 Å². The first-order valence-corrected chi connectivity index (χ1v) is 11.7. The maximum Gasteiger partial charge on any atom is 0.325 e. The van der Waals surface area contributed by atoms with Crippen molar-refractivity contribution in [3.05, 3.63) is 89.6 Å². The van der Waals surface area contributed by atoms with E-state index in [9.17, 15) is 19.2 Å². The molecule has 3 amide bonds. The van der Waals surface area contributed by atoms with Crippen LogP contribution in [0.4, 0.5) is 11.5 Å². The molecular formula is C27H24N4O6. The number of fused-ring (bicyclic) bond motifs is 1. The van der Waals surface area contributed by atoms with Crippen molar-refractivity contribution in [1.29, 1.82) is 0 Å². The Hall–Kier alpha value is -4.57. The Balaban J connectivity index is 1.50. The molecule has 10 heteroatoms. The van der Waals surface area contributed by atoms with Gasteiger partial charge in [0, 0.05) is 11.3 Å². The molecule has 1 N–H and O–H groups in total. The second-order valence-electron chi connectivity index (χ2n) is 8.74. The van der Waals surface area contributed by atoms with Gasteiger partial charge in [-0.05, 0) is 48.9 Å². The number of amides is 3. The Morgan fingerprint density at radius 2 is 1.76 bits per heavy atom. The number of para-hydroxylation sites is 1. The molecule has 0 aliphatic carbocycles. The molecule has 37 heavy (non-hydrogen) atoms. The van der Waals surface area contributed by atoms with Crippen LogP contribution in [0.3, 0.4) is 0 Å². The summed E-state index contributed by atoms with van der Waals surface area (Å²) in [7, 11) is 1.19. The number of ether oxygens (including phenoxy) is 1. The first-order valence-electron chi connectivity index (χ1n) is 11.7. The molecule has 1 aromatic heterocycles. The smallest absolute Gasteiger partial charge is 0.325 e. The molecule has 0 unspecified atom stereocenters. The van der Waals surface area contributed by atoms with E-state index in [0.29, 0.717) is 22.6 Å². The second-order valence-corrected chi connectivity index (χ2v) is 8.74. The predicted molar refractivity (Wildman–Crippen MR) is 132 cm³/mol. The quantitative estimate of drug-likeness (QED) is 0.406. The van der Waals surface area contributed by atoms with Crippen molar-refractivity contribution >= 4 is 35.2 Å². The molecule has 2 aromatic carbocycles. The topological polar surface area (TPSA) is 118 Å². The zero-order valence-corrected chi connectivity index (χ0v) is 20.2. The normalized spacial score (nSPS) is 20.6. The maximum atomic E-state index is 13.4. The molecule has 0 saturated carbocycles. The van der Waals surface area contributed by atoms with Crippen LogP contribution in [0.2, 0.25) is 0 Å². The largest absolute Gasteiger partial charge is 0.468 e. The van der Waals surface area contributed by atoms with Gasteiger partial charge >= 0.3 is 5.97 Å². The summed E-state index contributed by atoms with van der Waals surface area (Å²) >= 11 is 0. The molecule has 3 heterocycles. The summed E-state index contributed by atoms with van der Waals surface area (Å²) in [4.78, 5) is 62.6. The first kappa shape index (κ1) is 24.1. The number of hydrogen-bond acceptors (Lipinski definition) is 8. The summed E-state index contributed by atoms with van der Waals surface area (Å²) in [5, 5.41) is 4.31. The number of carbonyl (C=O) groups is 4. The molecule has 188 valence electrons. The summed E-state index contributed by atoms with van der Waals surface area (Å²) in [5.41, 5.74) is 2.35. The highest BCUT2D eigenvalue weighted by Crippen LogP contribution is 2.46. The Kier molecular flexibility index (Phi) is 6.41. The van der Waals surface area contributed by atoms with Crippen molar-refractivity contribution < 1.29 is 28.8 Å². The van der Waals surface area contributed by atoms with Crippen LogP contribution in [0, 0.1) is 12.8 Å². The number of benzene rings is 2. The molecule has 0 spiro atoms. The molecule has 0 bridgehead atoms. The van der Waals surface area contributed by atoms with Gasteiger partial charge in [0.15, 0.2) is 6.10 Å². The monoisotopic (exact) mass is 500 g/mol. The SMILES string of the molecule is COC(=O)CN1C(=O)[C@H]2[C@H](ON(c3ccccc3)[C@@H]2c2cccc(C(=O)Nc3cccc(C)n3)c2)C1=O. The van der Waals surface area contributed by atoms with Gasteiger partial charge < -0.3 is 10.1 Å². The Morgan fingerprint density at radius 1 is 1.00 bits per heavy atom. The predicted octanol–water partition coefficient (Wildman–Crippen LogP) is 2.66. The van der Waals surface area contributed by atoms with Crippen molar-refractivity contribution in [2.24, 2.45) is 5.92 Å². The third-order valence-corrected chi connectivity index (χ3v) is 6.35. The Morgan fingerprint density at radius 3 is 2.49 bits per heavy atom. The molecule has 3 atom stereocenters. The fourth-order valence-corrected chi connectivity index (χ4v) is 4.62. The van der Waals surface area contributed by atoms with Gasteiger partial charge in [-0.3, -0.25) is 28.9 Å². The minimum Gasteiger partial charge on any atom is -0.468 e. The van der Waals surface area contributed by atoms with Crippen molar-refractivity contribution in [2.45, 2.75) is 19.1 Å². The van der Waals surface area contributed by atoms with Crippen LogP contribution >= 0.6 is 0 Å². The van der Waals surface area contributed by atoms with E-state index < -0.39 is 42.4 Å². The van der Waals surface area contributed by atoms with Crippen LogP contribution < -0.4 is 10.4 Å². The van der Waals surface area contributed by atoms with Crippen molar-refractivity contribution in [3.63, 3.8) is 0 Å². The number of methoxy groups -OCH3 is 1. The van der Waals surface area contributed by atoms with Crippen LogP contribution in [0.1, 0.15) is 27.7 Å². The second kappa shape index (κ2) is 9.82. The van der Waals surface area contributed by atoms with Gasteiger partial charge in [-0.25, -0.2) is 10.0 Å². The zero-order chi connectivity index (χ0) is 26.1. The first-order chi connectivity index (χ1) is 17.9. The third-order valence-electron chi connectivity index (χ3n) is 6.35. The number of pyridine rings is 1. The molecule has 2 saturated heterocycles.